The molecule has 4 atom stereocenters. The van der Waals surface area contributed by atoms with Gasteiger partial charge >= 0.3 is 0 Å². The number of rotatable bonds is 2. The number of thioether (sulfide) groups is 1. The summed E-state index contributed by atoms with van der Waals surface area (Å²) in [5, 5.41) is 4.25. The van der Waals surface area contributed by atoms with E-state index in [0.717, 1.165) is 31.4 Å². The molecule has 2 aliphatic rings. The molecule has 2 unspecified atom stereocenters. The Labute approximate surface area is 96.9 Å². The van der Waals surface area contributed by atoms with E-state index in [1.807, 2.05) is 11.8 Å². The molecule has 2 rings (SSSR count). The summed E-state index contributed by atoms with van der Waals surface area (Å²) < 4.78 is 5.78. The second-order valence-corrected chi connectivity index (χ2v) is 5.79. The first-order valence-corrected chi connectivity index (χ1v) is 7.12. The molecule has 2 fully saturated rings. The van der Waals surface area contributed by atoms with Gasteiger partial charge in [0.2, 0.25) is 0 Å². The molecule has 0 saturated carbocycles. The summed E-state index contributed by atoms with van der Waals surface area (Å²) in [6, 6.07) is 0.703. The summed E-state index contributed by atoms with van der Waals surface area (Å²) in [7, 11) is 0. The molecule has 0 aromatic rings. The van der Waals surface area contributed by atoms with Crippen molar-refractivity contribution in [3.63, 3.8) is 0 Å². The van der Waals surface area contributed by atoms with E-state index in [1.54, 1.807) is 0 Å². The molecule has 2 aliphatic heterocycles. The van der Waals surface area contributed by atoms with Crippen molar-refractivity contribution in [2.45, 2.75) is 37.3 Å². The maximum absolute atomic E-state index is 5.78. The monoisotopic (exact) mass is 230 g/mol. The van der Waals surface area contributed by atoms with Crippen molar-refractivity contribution in [3.05, 3.63) is 0 Å². The highest BCUT2D eigenvalue weighted by Gasteiger charge is 2.35. The van der Waals surface area contributed by atoms with Crippen LogP contribution < -0.4 is 5.32 Å². The summed E-state index contributed by atoms with van der Waals surface area (Å²) in [6.07, 6.45) is 2.99. The van der Waals surface area contributed by atoms with Crippen LogP contribution in [-0.2, 0) is 4.74 Å². The Morgan fingerprint density at radius 3 is 2.47 bits per heavy atom. The summed E-state index contributed by atoms with van der Waals surface area (Å²) in [6.45, 7) is 8.84. The van der Waals surface area contributed by atoms with E-state index in [4.69, 9.17) is 4.74 Å². The summed E-state index contributed by atoms with van der Waals surface area (Å²) >= 11 is 1.99. The van der Waals surface area contributed by atoms with Crippen molar-refractivity contribution in [2.75, 3.05) is 32.4 Å². The minimum absolute atomic E-state index is 0.386. The summed E-state index contributed by atoms with van der Waals surface area (Å²) in [5.41, 5.74) is 0. The second kappa shape index (κ2) is 5.04. The third-order valence-corrected chi connectivity index (χ3v) is 4.43. The van der Waals surface area contributed by atoms with Crippen LogP contribution in [0.2, 0.25) is 0 Å². The minimum Gasteiger partial charge on any atom is -0.373 e. The van der Waals surface area contributed by atoms with Gasteiger partial charge in [-0.25, -0.2) is 0 Å². The molecular formula is C11H22N2OS. The number of hydrogen-bond acceptors (Lipinski definition) is 4. The Morgan fingerprint density at radius 1 is 1.20 bits per heavy atom. The zero-order chi connectivity index (χ0) is 10.8. The predicted octanol–water partition coefficient (Wildman–Crippen LogP) is 0.799. The fourth-order valence-corrected chi connectivity index (χ4v) is 3.60. The Kier molecular flexibility index (Phi) is 3.93. The zero-order valence-corrected chi connectivity index (χ0v) is 10.7. The minimum atomic E-state index is 0.386. The van der Waals surface area contributed by atoms with Crippen molar-refractivity contribution < 1.29 is 4.74 Å². The smallest absolute Gasteiger partial charge is 0.0678 e. The molecule has 4 heteroatoms. The van der Waals surface area contributed by atoms with Gasteiger partial charge in [0, 0.05) is 37.5 Å². The molecule has 3 nitrogen and oxygen atoms in total. The van der Waals surface area contributed by atoms with Crippen LogP contribution in [0.25, 0.3) is 0 Å². The maximum Gasteiger partial charge on any atom is 0.0678 e. The SMILES string of the molecule is CSC1CNCC1N1C[C@@H](C)O[C@@H](C)C1. The lowest BCUT2D eigenvalue weighted by atomic mass is 10.1. The van der Waals surface area contributed by atoms with Crippen molar-refractivity contribution in [3.8, 4) is 0 Å². The Bertz CT molecular complexity index is 205. The van der Waals surface area contributed by atoms with Crippen molar-refractivity contribution in [1.29, 1.82) is 0 Å². The van der Waals surface area contributed by atoms with E-state index in [0.29, 0.717) is 18.2 Å². The molecule has 0 aromatic heterocycles. The fourth-order valence-electron chi connectivity index (χ4n) is 2.73. The Morgan fingerprint density at radius 2 is 1.87 bits per heavy atom. The fraction of sp³-hybridized carbons (Fsp3) is 1.00. The second-order valence-electron chi connectivity index (χ2n) is 4.71. The summed E-state index contributed by atoms with van der Waals surface area (Å²) in [4.78, 5) is 2.61. The molecule has 0 aromatic carbocycles. The van der Waals surface area contributed by atoms with Crippen LogP contribution in [0.15, 0.2) is 0 Å². The first kappa shape index (κ1) is 11.7. The molecule has 2 saturated heterocycles. The quantitative estimate of drug-likeness (QED) is 0.758. The third kappa shape index (κ3) is 2.67. The normalized spacial score (nSPS) is 43.4. The highest BCUT2D eigenvalue weighted by Crippen LogP contribution is 2.23. The molecule has 0 spiro atoms. The zero-order valence-electron chi connectivity index (χ0n) is 9.90. The van der Waals surface area contributed by atoms with E-state index in [-0.39, 0.29) is 0 Å². The maximum atomic E-state index is 5.78. The average Bonchev–Trinajstić information content (AvgIpc) is 2.63. The van der Waals surface area contributed by atoms with E-state index < -0.39 is 0 Å². The van der Waals surface area contributed by atoms with E-state index in [2.05, 4.69) is 30.3 Å². The van der Waals surface area contributed by atoms with Gasteiger partial charge in [0.1, 0.15) is 0 Å². The molecule has 0 bridgehead atoms. The van der Waals surface area contributed by atoms with Crippen LogP contribution >= 0.6 is 11.8 Å². The third-order valence-electron chi connectivity index (χ3n) is 3.35. The van der Waals surface area contributed by atoms with E-state index in [9.17, 15) is 0 Å². The van der Waals surface area contributed by atoms with Gasteiger partial charge in [-0.2, -0.15) is 11.8 Å². The molecular weight excluding hydrogens is 208 g/mol. The van der Waals surface area contributed by atoms with Crippen molar-refractivity contribution in [1.82, 2.24) is 10.2 Å². The molecule has 0 amide bonds. The molecule has 2 heterocycles. The Balaban J connectivity index is 1.96. The first-order chi connectivity index (χ1) is 7.20. The van der Waals surface area contributed by atoms with Gasteiger partial charge in [0.05, 0.1) is 12.2 Å². The number of ether oxygens (including phenoxy) is 1. The van der Waals surface area contributed by atoms with E-state index >= 15 is 0 Å². The van der Waals surface area contributed by atoms with Crippen LogP contribution in [0, 0.1) is 0 Å². The lowest BCUT2D eigenvalue weighted by Gasteiger charge is -2.40. The van der Waals surface area contributed by atoms with Crippen LogP contribution in [0.4, 0.5) is 0 Å². The lowest BCUT2D eigenvalue weighted by molar-refractivity contribution is -0.0775. The highest BCUT2D eigenvalue weighted by molar-refractivity contribution is 7.99. The molecule has 88 valence electrons. The topological polar surface area (TPSA) is 24.5 Å². The van der Waals surface area contributed by atoms with Crippen molar-refractivity contribution in [2.24, 2.45) is 0 Å². The van der Waals surface area contributed by atoms with Gasteiger partial charge in [-0.05, 0) is 20.1 Å². The highest BCUT2D eigenvalue weighted by atomic mass is 32.2. The van der Waals surface area contributed by atoms with Crippen LogP contribution in [0.1, 0.15) is 13.8 Å². The molecule has 0 aliphatic carbocycles. The number of nitrogens with zero attached hydrogens (tertiary/aromatic N) is 1. The van der Waals surface area contributed by atoms with Crippen LogP contribution in [0.3, 0.4) is 0 Å². The van der Waals surface area contributed by atoms with E-state index in [1.165, 1.54) is 0 Å². The molecule has 1 N–H and O–H groups in total. The summed E-state index contributed by atoms with van der Waals surface area (Å²) in [5.74, 6) is 0. The molecule has 0 radical (unpaired) electrons. The lowest BCUT2D eigenvalue weighted by Crippen LogP contribution is -2.53. The Hall–Kier alpha value is 0.230. The van der Waals surface area contributed by atoms with Gasteiger partial charge in [0.15, 0.2) is 0 Å². The predicted molar refractivity (Wildman–Crippen MR) is 65.5 cm³/mol. The largest absolute Gasteiger partial charge is 0.373 e. The van der Waals surface area contributed by atoms with Gasteiger partial charge in [-0.3, -0.25) is 4.90 Å². The van der Waals surface area contributed by atoms with Gasteiger partial charge in [-0.1, -0.05) is 0 Å². The van der Waals surface area contributed by atoms with Gasteiger partial charge in [-0.15, -0.1) is 0 Å². The number of hydrogen-bond donors (Lipinski definition) is 1. The number of nitrogens with one attached hydrogen (secondary N) is 1. The van der Waals surface area contributed by atoms with Gasteiger partial charge in [0.25, 0.3) is 0 Å². The van der Waals surface area contributed by atoms with Gasteiger partial charge < -0.3 is 10.1 Å². The van der Waals surface area contributed by atoms with Crippen LogP contribution in [-0.4, -0.2) is 60.8 Å². The van der Waals surface area contributed by atoms with Crippen molar-refractivity contribution >= 4 is 11.8 Å². The molecule has 15 heavy (non-hydrogen) atoms. The van der Waals surface area contributed by atoms with Crippen LogP contribution in [0.5, 0.6) is 0 Å². The standard InChI is InChI=1S/C11H22N2OS/c1-8-6-13(7-9(2)14-8)10-4-12-5-11(10)15-3/h8-12H,4-7H2,1-3H3/t8-,9+,10?,11?. The average molecular weight is 230 g/mol. The number of morpholine rings is 1. The first-order valence-electron chi connectivity index (χ1n) is 5.83.